The Morgan fingerprint density at radius 2 is 1.76 bits per heavy atom. The third-order valence-electron chi connectivity index (χ3n) is 2.63. The van der Waals surface area contributed by atoms with Crippen LogP contribution in [0, 0.1) is 0 Å². The zero-order chi connectivity index (χ0) is 13.5. The molecule has 3 heteroatoms. The van der Waals surface area contributed by atoms with E-state index in [-0.39, 0.29) is 6.09 Å². The van der Waals surface area contributed by atoms with E-state index in [2.05, 4.69) is 20.8 Å². The van der Waals surface area contributed by atoms with Crippen LogP contribution in [0.1, 0.15) is 67.2 Å². The molecule has 0 aliphatic carbocycles. The minimum absolute atomic E-state index is 0.167. The molecule has 1 unspecified atom stereocenters. The van der Waals surface area contributed by atoms with Gasteiger partial charge in [0.2, 0.25) is 0 Å². The molecule has 1 amide bonds. The van der Waals surface area contributed by atoms with Crippen molar-refractivity contribution in [3.05, 3.63) is 0 Å². The summed E-state index contributed by atoms with van der Waals surface area (Å²) < 4.78 is 5.47. The average molecular weight is 243 g/mol. The largest absolute Gasteiger partial charge is 0.444 e. The summed E-state index contributed by atoms with van der Waals surface area (Å²) in [5, 5.41) is 0. The van der Waals surface area contributed by atoms with Gasteiger partial charge in [0.1, 0.15) is 5.60 Å². The summed E-state index contributed by atoms with van der Waals surface area (Å²) >= 11 is 0. The smallest absolute Gasteiger partial charge is 0.410 e. The van der Waals surface area contributed by atoms with Gasteiger partial charge in [0, 0.05) is 12.6 Å². The molecule has 0 spiro atoms. The number of nitrogens with zero attached hydrogens (tertiary/aromatic N) is 1. The molecule has 0 rings (SSSR count). The summed E-state index contributed by atoms with van der Waals surface area (Å²) in [7, 11) is 0. The summed E-state index contributed by atoms with van der Waals surface area (Å²) in [6, 6.07) is 0.315. The van der Waals surface area contributed by atoms with E-state index >= 15 is 0 Å². The van der Waals surface area contributed by atoms with E-state index in [0.717, 1.165) is 32.2 Å². The maximum absolute atomic E-state index is 12.1. The SMILES string of the molecule is CCCC(CC)N(CCC)C(=O)OC(C)(C)C. The van der Waals surface area contributed by atoms with Crippen LogP contribution in [0.2, 0.25) is 0 Å². The summed E-state index contributed by atoms with van der Waals surface area (Å²) in [6.07, 6.45) is 3.95. The maximum atomic E-state index is 12.1. The van der Waals surface area contributed by atoms with Crippen molar-refractivity contribution < 1.29 is 9.53 Å². The molecule has 0 aromatic heterocycles. The molecule has 102 valence electrons. The summed E-state index contributed by atoms with van der Waals surface area (Å²) in [6.45, 7) is 12.9. The first kappa shape index (κ1) is 16.3. The van der Waals surface area contributed by atoms with Gasteiger partial charge in [-0.05, 0) is 40.0 Å². The highest BCUT2D eigenvalue weighted by molar-refractivity contribution is 5.68. The predicted octanol–water partition coefficient (Wildman–Crippen LogP) is 4.21. The van der Waals surface area contributed by atoms with Crippen LogP contribution in [0.25, 0.3) is 0 Å². The lowest BCUT2D eigenvalue weighted by Gasteiger charge is -2.33. The van der Waals surface area contributed by atoms with Crippen molar-refractivity contribution in [3.63, 3.8) is 0 Å². The van der Waals surface area contributed by atoms with Gasteiger partial charge in [0.15, 0.2) is 0 Å². The molecule has 1 atom stereocenters. The second-order valence-electron chi connectivity index (χ2n) is 5.52. The van der Waals surface area contributed by atoms with Crippen molar-refractivity contribution in [1.29, 1.82) is 0 Å². The van der Waals surface area contributed by atoms with Crippen LogP contribution in [0.15, 0.2) is 0 Å². The standard InChI is InChI=1S/C14H29NO2/c1-7-10-12(9-3)15(11-8-2)13(16)17-14(4,5)6/h12H,7-11H2,1-6H3. The van der Waals surface area contributed by atoms with Crippen molar-refractivity contribution in [2.24, 2.45) is 0 Å². The molecule has 0 saturated heterocycles. The number of carbonyl (C=O) groups excluding carboxylic acids is 1. The maximum Gasteiger partial charge on any atom is 0.410 e. The Balaban J connectivity index is 4.63. The molecule has 0 N–H and O–H groups in total. The van der Waals surface area contributed by atoms with Crippen LogP contribution in [0.3, 0.4) is 0 Å². The zero-order valence-electron chi connectivity index (χ0n) is 12.4. The van der Waals surface area contributed by atoms with E-state index in [4.69, 9.17) is 4.74 Å². The van der Waals surface area contributed by atoms with E-state index in [9.17, 15) is 4.79 Å². The van der Waals surface area contributed by atoms with Gasteiger partial charge in [0.05, 0.1) is 0 Å². The minimum atomic E-state index is -0.409. The topological polar surface area (TPSA) is 29.5 Å². The van der Waals surface area contributed by atoms with Crippen molar-refractivity contribution >= 4 is 6.09 Å². The average Bonchev–Trinajstić information content (AvgIpc) is 2.20. The molecule has 17 heavy (non-hydrogen) atoms. The molecular weight excluding hydrogens is 214 g/mol. The number of carbonyl (C=O) groups is 1. The van der Waals surface area contributed by atoms with Crippen LogP contribution in [-0.4, -0.2) is 29.2 Å². The van der Waals surface area contributed by atoms with Gasteiger partial charge in [-0.1, -0.05) is 27.2 Å². The summed E-state index contributed by atoms with van der Waals surface area (Å²) in [4.78, 5) is 14.0. The third-order valence-corrected chi connectivity index (χ3v) is 2.63. The Kier molecular flexibility index (Phi) is 7.24. The monoisotopic (exact) mass is 243 g/mol. The van der Waals surface area contributed by atoms with Crippen molar-refractivity contribution in [3.8, 4) is 0 Å². The quantitative estimate of drug-likeness (QED) is 0.699. The van der Waals surface area contributed by atoms with Crippen LogP contribution >= 0.6 is 0 Å². The number of ether oxygens (including phenoxy) is 1. The molecule has 0 radical (unpaired) electrons. The van der Waals surface area contributed by atoms with Gasteiger partial charge < -0.3 is 9.64 Å². The number of hydrogen-bond acceptors (Lipinski definition) is 2. The first-order chi connectivity index (χ1) is 7.85. The van der Waals surface area contributed by atoms with Gasteiger partial charge in [-0.15, -0.1) is 0 Å². The van der Waals surface area contributed by atoms with E-state index in [1.54, 1.807) is 0 Å². The Bertz CT molecular complexity index is 221. The predicted molar refractivity (Wildman–Crippen MR) is 72.2 cm³/mol. The number of hydrogen-bond donors (Lipinski definition) is 0. The lowest BCUT2D eigenvalue weighted by atomic mass is 10.1. The normalized spacial score (nSPS) is 13.3. The highest BCUT2D eigenvalue weighted by atomic mass is 16.6. The first-order valence-electron chi connectivity index (χ1n) is 6.85. The molecule has 0 aromatic rings. The van der Waals surface area contributed by atoms with Gasteiger partial charge >= 0.3 is 6.09 Å². The second-order valence-corrected chi connectivity index (χ2v) is 5.52. The number of rotatable bonds is 6. The lowest BCUT2D eigenvalue weighted by molar-refractivity contribution is 0.0146. The third kappa shape index (κ3) is 6.54. The fourth-order valence-corrected chi connectivity index (χ4v) is 1.90. The van der Waals surface area contributed by atoms with E-state index in [1.807, 2.05) is 25.7 Å². The number of amides is 1. The molecule has 0 aliphatic rings. The van der Waals surface area contributed by atoms with Crippen LogP contribution in [0.4, 0.5) is 4.79 Å². The fourth-order valence-electron chi connectivity index (χ4n) is 1.90. The van der Waals surface area contributed by atoms with E-state index < -0.39 is 5.60 Å². The molecule has 0 bridgehead atoms. The highest BCUT2D eigenvalue weighted by Crippen LogP contribution is 2.16. The van der Waals surface area contributed by atoms with Gasteiger partial charge in [-0.3, -0.25) is 0 Å². The summed E-state index contributed by atoms with van der Waals surface area (Å²) in [5.41, 5.74) is -0.409. The van der Waals surface area contributed by atoms with E-state index in [1.165, 1.54) is 0 Å². The molecular formula is C14H29NO2. The molecule has 0 fully saturated rings. The first-order valence-corrected chi connectivity index (χ1v) is 6.85. The Hall–Kier alpha value is -0.730. The molecule has 0 aromatic carbocycles. The van der Waals surface area contributed by atoms with Crippen LogP contribution in [0.5, 0.6) is 0 Å². The summed E-state index contributed by atoms with van der Waals surface area (Å²) in [5.74, 6) is 0. The Morgan fingerprint density at radius 1 is 1.18 bits per heavy atom. The Labute approximate surface area is 107 Å². The lowest BCUT2D eigenvalue weighted by Crippen LogP contribution is -2.43. The minimum Gasteiger partial charge on any atom is -0.444 e. The fraction of sp³-hybridized carbons (Fsp3) is 0.929. The van der Waals surface area contributed by atoms with Crippen molar-refractivity contribution in [1.82, 2.24) is 4.90 Å². The zero-order valence-corrected chi connectivity index (χ0v) is 12.4. The second kappa shape index (κ2) is 7.57. The van der Waals surface area contributed by atoms with Gasteiger partial charge in [-0.25, -0.2) is 4.79 Å². The van der Waals surface area contributed by atoms with E-state index in [0.29, 0.717) is 6.04 Å². The Morgan fingerprint density at radius 3 is 2.12 bits per heavy atom. The van der Waals surface area contributed by atoms with Crippen LogP contribution in [-0.2, 0) is 4.74 Å². The van der Waals surface area contributed by atoms with Crippen molar-refractivity contribution in [2.45, 2.75) is 78.9 Å². The van der Waals surface area contributed by atoms with Gasteiger partial charge in [-0.2, -0.15) is 0 Å². The molecule has 3 nitrogen and oxygen atoms in total. The highest BCUT2D eigenvalue weighted by Gasteiger charge is 2.26. The van der Waals surface area contributed by atoms with Gasteiger partial charge in [0.25, 0.3) is 0 Å². The molecule has 0 heterocycles. The molecule has 0 aliphatic heterocycles. The van der Waals surface area contributed by atoms with Crippen LogP contribution < -0.4 is 0 Å². The van der Waals surface area contributed by atoms with Crippen molar-refractivity contribution in [2.75, 3.05) is 6.54 Å². The molecule has 0 saturated carbocycles.